The first kappa shape index (κ1) is 21.9. The van der Waals surface area contributed by atoms with Crippen molar-refractivity contribution in [1.29, 1.82) is 0 Å². The Hall–Kier alpha value is -2.44. The number of guanidine groups is 1. The van der Waals surface area contributed by atoms with E-state index in [-0.39, 0.29) is 6.09 Å². The fraction of sp³-hybridized carbons (Fsp3) is 0.619. The third-order valence-electron chi connectivity index (χ3n) is 4.71. The van der Waals surface area contributed by atoms with Crippen molar-refractivity contribution in [2.24, 2.45) is 4.99 Å². The van der Waals surface area contributed by atoms with Gasteiger partial charge in [0.1, 0.15) is 5.75 Å². The summed E-state index contributed by atoms with van der Waals surface area (Å²) in [5, 5.41) is 6.81. The maximum atomic E-state index is 11.8. The fourth-order valence-corrected chi connectivity index (χ4v) is 3.07. The lowest BCUT2D eigenvalue weighted by atomic mass is 10.1. The van der Waals surface area contributed by atoms with Gasteiger partial charge in [0.2, 0.25) is 0 Å². The van der Waals surface area contributed by atoms with E-state index in [2.05, 4.69) is 34.7 Å². The van der Waals surface area contributed by atoms with Crippen LogP contribution < -0.4 is 15.4 Å². The number of carbonyl (C=O) groups excluding carboxylic acids is 1. The molecule has 1 amide bonds. The zero-order chi connectivity index (χ0) is 20.2. The summed E-state index contributed by atoms with van der Waals surface area (Å²) in [6, 6.07) is 8.43. The third kappa shape index (κ3) is 7.29. The van der Waals surface area contributed by atoms with Crippen molar-refractivity contribution in [2.45, 2.75) is 52.1 Å². The first-order valence-electron chi connectivity index (χ1n) is 10.3. The lowest BCUT2D eigenvalue weighted by molar-refractivity contribution is 0.0963. The highest BCUT2D eigenvalue weighted by atomic mass is 16.6. The van der Waals surface area contributed by atoms with Gasteiger partial charge < -0.3 is 25.0 Å². The summed E-state index contributed by atoms with van der Waals surface area (Å²) < 4.78 is 10.8. The van der Waals surface area contributed by atoms with Gasteiger partial charge in [-0.15, -0.1) is 0 Å². The average Bonchev–Trinajstić information content (AvgIpc) is 2.72. The standard InChI is InChI=1S/C21H34N4O3/c1-4-6-14-28-19-9-7-8-17(15-19)16-23-20(22-3)24-18-10-12-25(13-11-18)21(26)27-5-2/h7-9,15,18H,4-6,10-14,16H2,1-3H3,(H2,22,23,24). The average molecular weight is 391 g/mol. The molecule has 7 nitrogen and oxygen atoms in total. The molecule has 0 atom stereocenters. The summed E-state index contributed by atoms with van der Waals surface area (Å²) in [6.45, 7) is 7.22. The first-order chi connectivity index (χ1) is 13.7. The van der Waals surface area contributed by atoms with Crippen LogP contribution >= 0.6 is 0 Å². The van der Waals surface area contributed by atoms with E-state index in [0.717, 1.165) is 49.6 Å². The van der Waals surface area contributed by atoms with E-state index in [1.54, 1.807) is 11.9 Å². The summed E-state index contributed by atoms with van der Waals surface area (Å²) in [5.41, 5.74) is 1.15. The van der Waals surface area contributed by atoms with Crippen LogP contribution in [-0.4, -0.2) is 56.3 Å². The molecule has 1 aliphatic heterocycles. The minimum absolute atomic E-state index is 0.218. The van der Waals surface area contributed by atoms with Crippen LogP contribution in [0.25, 0.3) is 0 Å². The van der Waals surface area contributed by atoms with Crippen molar-refractivity contribution in [2.75, 3.05) is 33.4 Å². The van der Waals surface area contributed by atoms with E-state index in [1.807, 2.05) is 19.1 Å². The molecule has 1 aromatic carbocycles. The molecule has 0 aliphatic carbocycles. The molecule has 2 N–H and O–H groups in total. The van der Waals surface area contributed by atoms with Crippen LogP contribution in [0.1, 0.15) is 45.1 Å². The van der Waals surface area contributed by atoms with Crippen LogP contribution in [0.2, 0.25) is 0 Å². The van der Waals surface area contributed by atoms with E-state index >= 15 is 0 Å². The number of benzene rings is 1. The number of piperidine rings is 1. The Bertz CT molecular complexity index is 628. The molecule has 28 heavy (non-hydrogen) atoms. The van der Waals surface area contributed by atoms with Crippen LogP contribution in [0.4, 0.5) is 4.79 Å². The number of unbranched alkanes of at least 4 members (excludes halogenated alkanes) is 1. The lowest BCUT2D eigenvalue weighted by Crippen LogP contribution is -2.49. The van der Waals surface area contributed by atoms with Crippen LogP contribution in [-0.2, 0) is 11.3 Å². The molecular formula is C21H34N4O3. The largest absolute Gasteiger partial charge is 0.494 e. The van der Waals surface area contributed by atoms with E-state index in [4.69, 9.17) is 9.47 Å². The normalized spacial score (nSPS) is 15.2. The summed E-state index contributed by atoms with van der Waals surface area (Å²) in [6.07, 6.45) is 3.72. The van der Waals surface area contributed by atoms with Crippen LogP contribution in [0.3, 0.4) is 0 Å². The van der Waals surface area contributed by atoms with Crippen LogP contribution in [0.15, 0.2) is 29.3 Å². The zero-order valence-electron chi connectivity index (χ0n) is 17.4. The van der Waals surface area contributed by atoms with E-state index in [1.165, 1.54) is 0 Å². The molecule has 1 aliphatic rings. The Labute approximate surface area is 168 Å². The molecule has 0 aromatic heterocycles. The Kier molecular flexibility index (Phi) is 9.45. The number of amides is 1. The van der Waals surface area contributed by atoms with Crippen molar-refractivity contribution in [3.8, 4) is 5.75 Å². The Morgan fingerprint density at radius 2 is 2.07 bits per heavy atom. The Balaban J connectivity index is 1.76. The van der Waals surface area contributed by atoms with Crippen LogP contribution in [0, 0.1) is 0 Å². The van der Waals surface area contributed by atoms with Crippen molar-refractivity contribution in [1.82, 2.24) is 15.5 Å². The molecule has 0 unspecified atom stereocenters. The molecule has 7 heteroatoms. The second-order valence-corrected chi connectivity index (χ2v) is 6.88. The van der Waals surface area contributed by atoms with Gasteiger partial charge in [0.05, 0.1) is 13.2 Å². The molecule has 0 bridgehead atoms. The maximum absolute atomic E-state index is 11.8. The number of hydrogen-bond acceptors (Lipinski definition) is 4. The van der Waals surface area contributed by atoms with Gasteiger partial charge in [0.25, 0.3) is 0 Å². The lowest BCUT2D eigenvalue weighted by Gasteiger charge is -2.32. The second kappa shape index (κ2) is 12.1. The van der Waals surface area contributed by atoms with Gasteiger partial charge in [-0.3, -0.25) is 4.99 Å². The number of ether oxygens (including phenoxy) is 2. The molecule has 2 rings (SSSR count). The Morgan fingerprint density at radius 3 is 2.75 bits per heavy atom. The molecule has 1 aromatic rings. The minimum Gasteiger partial charge on any atom is -0.494 e. The predicted molar refractivity (Wildman–Crippen MR) is 112 cm³/mol. The highest BCUT2D eigenvalue weighted by Crippen LogP contribution is 2.14. The van der Waals surface area contributed by atoms with Gasteiger partial charge >= 0.3 is 6.09 Å². The number of likely N-dealkylation sites (tertiary alicyclic amines) is 1. The second-order valence-electron chi connectivity index (χ2n) is 6.88. The molecule has 0 saturated carbocycles. The number of hydrogen-bond donors (Lipinski definition) is 2. The van der Waals surface area contributed by atoms with Crippen molar-refractivity contribution >= 4 is 12.1 Å². The van der Waals surface area contributed by atoms with Gasteiger partial charge in [-0.05, 0) is 43.9 Å². The number of aliphatic imine (C=N–C) groups is 1. The molecule has 156 valence electrons. The fourth-order valence-electron chi connectivity index (χ4n) is 3.07. The third-order valence-corrected chi connectivity index (χ3v) is 4.71. The van der Waals surface area contributed by atoms with Gasteiger partial charge in [-0.1, -0.05) is 25.5 Å². The smallest absolute Gasteiger partial charge is 0.409 e. The summed E-state index contributed by atoms with van der Waals surface area (Å²) in [5.74, 6) is 1.67. The topological polar surface area (TPSA) is 75.2 Å². The van der Waals surface area contributed by atoms with E-state index in [9.17, 15) is 4.79 Å². The number of nitrogens with one attached hydrogen (secondary N) is 2. The number of rotatable bonds is 8. The van der Waals surface area contributed by atoms with Gasteiger partial charge in [-0.2, -0.15) is 0 Å². The SMILES string of the molecule is CCCCOc1cccc(CNC(=NC)NC2CCN(C(=O)OCC)CC2)c1. The Morgan fingerprint density at radius 1 is 1.29 bits per heavy atom. The van der Waals surface area contributed by atoms with E-state index < -0.39 is 0 Å². The predicted octanol–water partition coefficient (Wildman–Crippen LogP) is 3.15. The van der Waals surface area contributed by atoms with Gasteiger partial charge in [0, 0.05) is 32.7 Å². The summed E-state index contributed by atoms with van der Waals surface area (Å²) in [7, 11) is 1.77. The van der Waals surface area contributed by atoms with Crippen LogP contribution in [0.5, 0.6) is 5.75 Å². The molecular weight excluding hydrogens is 356 g/mol. The molecule has 0 radical (unpaired) electrons. The number of nitrogens with zero attached hydrogens (tertiary/aromatic N) is 2. The minimum atomic E-state index is -0.218. The molecule has 1 heterocycles. The summed E-state index contributed by atoms with van der Waals surface area (Å²) in [4.78, 5) is 17.9. The highest BCUT2D eigenvalue weighted by molar-refractivity contribution is 5.80. The monoisotopic (exact) mass is 390 g/mol. The van der Waals surface area contributed by atoms with Gasteiger partial charge in [-0.25, -0.2) is 4.79 Å². The quantitative estimate of drug-likeness (QED) is 0.405. The van der Waals surface area contributed by atoms with E-state index in [0.29, 0.717) is 32.3 Å². The van der Waals surface area contributed by atoms with Gasteiger partial charge in [0.15, 0.2) is 5.96 Å². The van der Waals surface area contributed by atoms with Crippen molar-refractivity contribution in [3.05, 3.63) is 29.8 Å². The summed E-state index contributed by atoms with van der Waals surface area (Å²) >= 11 is 0. The van der Waals surface area contributed by atoms with Crippen molar-refractivity contribution in [3.63, 3.8) is 0 Å². The molecule has 0 spiro atoms. The number of carbonyl (C=O) groups is 1. The zero-order valence-corrected chi connectivity index (χ0v) is 17.4. The maximum Gasteiger partial charge on any atom is 0.409 e. The van der Waals surface area contributed by atoms with Crippen molar-refractivity contribution < 1.29 is 14.3 Å². The molecule has 1 fully saturated rings. The highest BCUT2D eigenvalue weighted by Gasteiger charge is 2.23. The first-order valence-corrected chi connectivity index (χ1v) is 10.3. The molecule has 1 saturated heterocycles.